The number of nitrogens with one attached hydrogen (secondary N) is 1. The predicted octanol–water partition coefficient (Wildman–Crippen LogP) is 2.57. The fraction of sp³-hybridized carbons (Fsp3) is 0.684. The van der Waals surface area contributed by atoms with E-state index in [1.165, 1.54) is 12.1 Å². The van der Waals surface area contributed by atoms with E-state index in [-0.39, 0.29) is 0 Å². The van der Waals surface area contributed by atoms with Gasteiger partial charge in [0.2, 0.25) is 0 Å². The summed E-state index contributed by atoms with van der Waals surface area (Å²) in [7, 11) is 1.75. The molecule has 1 aliphatic carbocycles. The second-order valence-corrected chi connectivity index (χ2v) is 7.46. The summed E-state index contributed by atoms with van der Waals surface area (Å²) in [5.41, 5.74) is 0.766. The minimum Gasteiger partial charge on any atom is -0.384 e. The first-order valence-corrected chi connectivity index (χ1v) is 9.24. The highest BCUT2D eigenvalue weighted by Gasteiger charge is 2.54. The summed E-state index contributed by atoms with van der Waals surface area (Å²) in [6.07, 6.45) is 3.51. The Kier molecular flexibility index (Phi) is 4.93. The molecule has 1 aromatic rings. The van der Waals surface area contributed by atoms with Gasteiger partial charge in [-0.3, -0.25) is 0 Å². The van der Waals surface area contributed by atoms with Crippen LogP contribution < -0.4 is 10.2 Å². The molecule has 3 aliphatic rings. The summed E-state index contributed by atoms with van der Waals surface area (Å²) in [5.74, 6) is -0.504. The maximum Gasteiger partial charge on any atom is 0.160 e. The fourth-order valence-electron chi connectivity index (χ4n) is 4.73. The molecular weight excluding hydrogens is 326 g/mol. The third-order valence-electron chi connectivity index (χ3n) is 6.08. The Labute approximate surface area is 147 Å². The van der Waals surface area contributed by atoms with Gasteiger partial charge >= 0.3 is 0 Å². The van der Waals surface area contributed by atoms with E-state index in [0.717, 1.165) is 51.3 Å². The lowest BCUT2D eigenvalue weighted by Gasteiger charge is -2.50. The van der Waals surface area contributed by atoms with Crippen LogP contribution in [0.1, 0.15) is 19.3 Å². The number of fused-ring (bicyclic) bond motifs is 1. The first-order valence-electron chi connectivity index (χ1n) is 9.24. The van der Waals surface area contributed by atoms with Crippen molar-refractivity contribution in [1.29, 1.82) is 0 Å². The Balaban J connectivity index is 1.32. The van der Waals surface area contributed by atoms with Crippen LogP contribution in [0.2, 0.25) is 0 Å². The second kappa shape index (κ2) is 7.17. The number of hydrogen-bond donors (Lipinski definition) is 1. The van der Waals surface area contributed by atoms with E-state index >= 15 is 0 Å². The van der Waals surface area contributed by atoms with Gasteiger partial charge in [0.15, 0.2) is 11.6 Å². The van der Waals surface area contributed by atoms with Crippen molar-refractivity contribution in [3.05, 3.63) is 29.8 Å². The Hall–Kier alpha value is -1.24. The summed E-state index contributed by atoms with van der Waals surface area (Å²) < 4.78 is 37.8. The highest BCUT2D eigenvalue weighted by Crippen LogP contribution is 2.44. The van der Waals surface area contributed by atoms with Crippen LogP contribution in [-0.2, 0) is 9.47 Å². The second-order valence-electron chi connectivity index (χ2n) is 7.46. The smallest absolute Gasteiger partial charge is 0.160 e. The van der Waals surface area contributed by atoms with Crippen molar-refractivity contribution in [2.75, 3.05) is 38.3 Å². The van der Waals surface area contributed by atoms with Crippen LogP contribution >= 0.6 is 0 Å². The van der Waals surface area contributed by atoms with Crippen molar-refractivity contribution in [3.63, 3.8) is 0 Å². The summed E-state index contributed by atoms with van der Waals surface area (Å²) in [5, 5.41) is 3.83. The normalized spacial score (nSPS) is 32.5. The molecule has 0 amide bonds. The van der Waals surface area contributed by atoms with Gasteiger partial charge in [-0.25, -0.2) is 8.78 Å². The van der Waals surface area contributed by atoms with Crippen molar-refractivity contribution < 1.29 is 18.3 Å². The zero-order valence-corrected chi connectivity index (χ0v) is 14.6. The van der Waals surface area contributed by atoms with E-state index < -0.39 is 11.6 Å². The molecule has 1 aromatic carbocycles. The van der Waals surface area contributed by atoms with Crippen LogP contribution in [0.5, 0.6) is 0 Å². The Morgan fingerprint density at radius 3 is 2.72 bits per heavy atom. The summed E-state index contributed by atoms with van der Waals surface area (Å²) in [4.78, 5) is 2.13. The number of piperidine rings is 1. The van der Waals surface area contributed by atoms with Crippen molar-refractivity contribution >= 4 is 5.69 Å². The first-order chi connectivity index (χ1) is 12.2. The summed E-state index contributed by atoms with van der Waals surface area (Å²) >= 11 is 0. The van der Waals surface area contributed by atoms with Gasteiger partial charge in [0, 0.05) is 62.5 Å². The standard InChI is InChI=1S/C19H26F2N2O2/c1-24-11-15-18(14-6-9-25-19(14)15)22-12-4-7-23(8-5-12)13-2-3-16(20)17(21)10-13/h2-3,10,12,14-15,18-19,22H,4-9,11H2,1H3/t14-,15+,18-,19-/m1/s1. The first kappa shape index (κ1) is 17.2. The molecule has 0 unspecified atom stereocenters. The maximum atomic E-state index is 13.4. The van der Waals surface area contributed by atoms with Gasteiger partial charge in [0.1, 0.15) is 0 Å². The average Bonchev–Trinajstić information content (AvgIpc) is 3.05. The fourth-order valence-corrected chi connectivity index (χ4v) is 4.73. The number of nitrogens with zero attached hydrogens (tertiary/aromatic N) is 1. The molecule has 1 saturated carbocycles. The van der Waals surface area contributed by atoms with Gasteiger partial charge in [-0.05, 0) is 31.4 Å². The number of anilines is 1. The molecule has 0 radical (unpaired) electrons. The molecule has 4 nitrogen and oxygen atoms in total. The zero-order valence-electron chi connectivity index (χ0n) is 14.6. The van der Waals surface area contributed by atoms with Crippen molar-refractivity contribution in [2.24, 2.45) is 11.8 Å². The molecular formula is C19H26F2N2O2. The minimum atomic E-state index is -0.789. The highest BCUT2D eigenvalue weighted by atomic mass is 19.2. The molecule has 2 aliphatic heterocycles. The molecule has 2 saturated heterocycles. The number of hydrogen-bond acceptors (Lipinski definition) is 4. The van der Waals surface area contributed by atoms with E-state index in [1.807, 2.05) is 0 Å². The molecule has 25 heavy (non-hydrogen) atoms. The van der Waals surface area contributed by atoms with Gasteiger partial charge in [0.05, 0.1) is 12.7 Å². The van der Waals surface area contributed by atoms with Crippen LogP contribution in [0.4, 0.5) is 14.5 Å². The largest absolute Gasteiger partial charge is 0.384 e. The number of halogens is 2. The van der Waals surface area contributed by atoms with Crippen molar-refractivity contribution in [2.45, 2.75) is 37.5 Å². The molecule has 0 bridgehead atoms. The Morgan fingerprint density at radius 2 is 2.00 bits per heavy atom. The molecule has 2 heterocycles. The monoisotopic (exact) mass is 352 g/mol. The van der Waals surface area contributed by atoms with Crippen LogP contribution in [-0.4, -0.2) is 51.6 Å². The molecule has 4 rings (SSSR count). The van der Waals surface area contributed by atoms with Gasteiger partial charge in [-0.1, -0.05) is 0 Å². The van der Waals surface area contributed by atoms with Gasteiger partial charge in [0.25, 0.3) is 0 Å². The van der Waals surface area contributed by atoms with Crippen molar-refractivity contribution in [3.8, 4) is 0 Å². The van der Waals surface area contributed by atoms with E-state index in [0.29, 0.717) is 30.0 Å². The van der Waals surface area contributed by atoms with E-state index in [4.69, 9.17) is 9.47 Å². The van der Waals surface area contributed by atoms with Gasteiger partial charge in [-0.2, -0.15) is 0 Å². The van der Waals surface area contributed by atoms with Crippen LogP contribution in [0.25, 0.3) is 0 Å². The molecule has 0 spiro atoms. The summed E-state index contributed by atoms with van der Waals surface area (Å²) in [6, 6.07) is 5.11. The predicted molar refractivity (Wildman–Crippen MR) is 91.7 cm³/mol. The van der Waals surface area contributed by atoms with E-state index in [2.05, 4.69) is 10.2 Å². The Bertz CT molecular complexity index is 607. The van der Waals surface area contributed by atoms with E-state index in [1.54, 1.807) is 13.2 Å². The number of ether oxygens (including phenoxy) is 2. The maximum absolute atomic E-state index is 13.4. The van der Waals surface area contributed by atoms with Gasteiger partial charge in [-0.15, -0.1) is 0 Å². The number of methoxy groups -OCH3 is 1. The molecule has 0 aromatic heterocycles. The zero-order chi connectivity index (χ0) is 17.4. The lowest BCUT2D eigenvalue weighted by atomic mass is 9.66. The molecule has 4 atom stereocenters. The topological polar surface area (TPSA) is 33.7 Å². The van der Waals surface area contributed by atoms with Crippen LogP contribution in [0.3, 0.4) is 0 Å². The Morgan fingerprint density at radius 1 is 1.20 bits per heavy atom. The lowest BCUT2D eigenvalue weighted by Crippen LogP contribution is -2.64. The van der Waals surface area contributed by atoms with Gasteiger partial charge < -0.3 is 19.7 Å². The number of rotatable bonds is 5. The average molecular weight is 352 g/mol. The van der Waals surface area contributed by atoms with E-state index in [9.17, 15) is 8.78 Å². The third kappa shape index (κ3) is 3.27. The van der Waals surface area contributed by atoms with Crippen LogP contribution in [0.15, 0.2) is 18.2 Å². The quantitative estimate of drug-likeness (QED) is 0.883. The third-order valence-corrected chi connectivity index (χ3v) is 6.08. The molecule has 1 N–H and O–H groups in total. The molecule has 6 heteroatoms. The van der Waals surface area contributed by atoms with Crippen LogP contribution in [0, 0.1) is 23.5 Å². The summed E-state index contributed by atoms with van der Waals surface area (Å²) in [6.45, 7) is 3.32. The SMILES string of the molecule is COC[C@H]1[C@H](NC2CCN(c3ccc(F)c(F)c3)CC2)[C@H]2CCO[C@H]21. The molecule has 138 valence electrons. The highest BCUT2D eigenvalue weighted by molar-refractivity contribution is 5.47. The number of benzene rings is 1. The molecule has 3 fully saturated rings. The minimum absolute atomic E-state index is 0.361. The van der Waals surface area contributed by atoms with Crippen molar-refractivity contribution in [1.82, 2.24) is 5.32 Å². The lowest BCUT2D eigenvalue weighted by molar-refractivity contribution is -0.0873.